The van der Waals surface area contributed by atoms with Crippen LogP contribution in [0.2, 0.25) is 0 Å². The van der Waals surface area contributed by atoms with Crippen LogP contribution < -0.4 is 5.73 Å². The van der Waals surface area contributed by atoms with Crippen molar-refractivity contribution in [1.82, 2.24) is 14.8 Å². The summed E-state index contributed by atoms with van der Waals surface area (Å²) in [4.78, 5) is 3.71. The van der Waals surface area contributed by atoms with Crippen LogP contribution >= 0.6 is 0 Å². The zero-order chi connectivity index (χ0) is 21.1. The third-order valence-electron chi connectivity index (χ3n) is 6.05. The molecule has 158 valence electrons. The summed E-state index contributed by atoms with van der Waals surface area (Å²) < 4.78 is 61.2. The molecule has 5 nitrogen and oxygen atoms in total. The van der Waals surface area contributed by atoms with Gasteiger partial charge in [-0.3, -0.25) is 4.68 Å². The maximum Gasteiger partial charge on any atom is 0.419 e. The van der Waals surface area contributed by atoms with Crippen LogP contribution in [0.3, 0.4) is 0 Å². The van der Waals surface area contributed by atoms with Crippen molar-refractivity contribution in [2.75, 3.05) is 19.5 Å². The number of hydrogen-bond donors (Lipinski definition) is 1. The molecule has 0 amide bonds. The molecule has 2 aliphatic carbocycles. The quantitative estimate of drug-likeness (QED) is 0.729. The molecule has 0 aromatic carbocycles. The number of methoxy groups -OCH3 is 1. The molecular formula is C20H24F4N4O. The molecule has 2 N–H and O–H groups in total. The summed E-state index contributed by atoms with van der Waals surface area (Å²) in [7, 11) is 1.50. The van der Waals surface area contributed by atoms with Crippen molar-refractivity contribution in [2.45, 2.75) is 50.5 Å². The van der Waals surface area contributed by atoms with Gasteiger partial charge in [0.05, 0.1) is 17.9 Å². The Balaban J connectivity index is 1.65. The number of ether oxygens (including phenoxy) is 1. The molecule has 2 fully saturated rings. The number of halogens is 4. The lowest BCUT2D eigenvalue weighted by molar-refractivity contribution is -0.137. The molecule has 1 unspecified atom stereocenters. The molecule has 2 aromatic heterocycles. The number of anilines is 1. The molecule has 0 bridgehead atoms. The summed E-state index contributed by atoms with van der Waals surface area (Å²) in [5, 5.41) is 4.54. The first kappa shape index (κ1) is 20.1. The lowest BCUT2D eigenvalue weighted by atomic mass is 9.96. The molecule has 2 aliphatic rings. The average Bonchev–Trinajstić information content (AvgIpc) is 2.96. The fourth-order valence-electron chi connectivity index (χ4n) is 4.80. The van der Waals surface area contributed by atoms with Crippen LogP contribution in [0.1, 0.15) is 49.9 Å². The number of nitrogens with two attached hydrogens (primary N) is 1. The first-order chi connectivity index (χ1) is 13.5. The number of hydrogen-bond acceptors (Lipinski definition) is 4. The monoisotopic (exact) mass is 412 g/mol. The smallest absolute Gasteiger partial charge is 0.383 e. The number of nitrogen functional groups attached to an aromatic ring is 1. The predicted octanol–water partition coefficient (Wildman–Crippen LogP) is 4.61. The van der Waals surface area contributed by atoms with E-state index >= 15 is 0 Å². The Morgan fingerprint density at radius 2 is 1.93 bits per heavy atom. The normalized spacial score (nSPS) is 28.8. The molecule has 0 radical (unpaired) electrons. The van der Waals surface area contributed by atoms with Crippen molar-refractivity contribution in [2.24, 2.45) is 11.8 Å². The van der Waals surface area contributed by atoms with E-state index in [1.165, 1.54) is 13.3 Å². The van der Waals surface area contributed by atoms with Gasteiger partial charge in [0.2, 0.25) is 0 Å². The second-order valence-electron chi connectivity index (χ2n) is 8.49. The lowest BCUT2D eigenvalue weighted by Gasteiger charge is -2.22. The minimum atomic E-state index is -4.59. The van der Waals surface area contributed by atoms with E-state index in [0.29, 0.717) is 18.5 Å². The molecular weight excluding hydrogens is 388 g/mol. The van der Waals surface area contributed by atoms with E-state index in [9.17, 15) is 17.6 Å². The van der Waals surface area contributed by atoms with Crippen LogP contribution in [-0.4, -0.2) is 34.1 Å². The van der Waals surface area contributed by atoms with Gasteiger partial charge in [0, 0.05) is 36.5 Å². The van der Waals surface area contributed by atoms with Crippen LogP contribution in [0.5, 0.6) is 0 Å². The molecule has 4 rings (SSSR count). The maximum atomic E-state index is 14.7. The van der Waals surface area contributed by atoms with Gasteiger partial charge in [0.1, 0.15) is 11.5 Å². The Labute approximate surface area is 166 Å². The number of fused-ring (bicyclic) bond motifs is 1. The van der Waals surface area contributed by atoms with Gasteiger partial charge < -0.3 is 10.5 Å². The van der Waals surface area contributed by atoms with E-state index in [2.05, 4.69) is 10.1 Å². The highest BCUT2D eigenvalue weighted by molar-refractivity contribution is 5.63. The van der Waals surface area contributed by atoms with Gasteiger partial charge in [-0.05, 0) is 50.7 Å². The molecule has 2 heterocycles. The Morgan fingerprint density at radius 1 is 1.28 bits per heavy atom. The van der Waals surface area contributed by atoms with Crippen molar-refractivity contribution < 1.29 is 22.3 Å². The average molecular weight is 412 g/mol. The van der Waals surface area contributed by atoms with Gasteiger partial charge >= 0.3 is 6.18 Å². The lowest BCUT2D eigenvalue weighted by Crippen LogP contribution is -2.27. The second-order valence-corrected chi connectivity index (χ2v) is 8.49. The van der Waals surface area contributed by atoms with Gasteiger partial charge in [0.15, 0.2) is 0 Å². The van der Waals surface area contributed by atoms with Crippen LogP contribution in [0.15, 0.2) is 18.3 Å². The number of rotatable bonds is 5. The summed E-state index contributed by atoms with van der Waals surface area (Å²) in [6.07, 6.45) is -2.40. The van der Waals surface area contributed by atoms with Gasteiger partial charge in [-0.25, -0.2) is 9.37 Å². The Hall–Kier alpha value is -2.16. The number of pyridine rings is 1. The minimum absolute atomic E-state index is 0.0259. The van der Waals surface area contributed by atoms with Crippen molar-refractivity contribution in [3.63, 3.8) is 0 Å². The third-order valence-corrected chi connectivity index (χ3v) is 6.05. The largest absolute Gasteiger partial charge is 0.419 e. The standard InChI is InChI=1S/C20H24F4N4O/c1-10(2)28-16(17-12-6-19(21,9-29-3)7-13(12)17)5-15(27-28)11-4-14(20(22,23)24)18(25)26-8-11/h4-5,8,10,12-13,17H,6-7,9H2,1-3H3,(H2,25,26)/t12-,13+,17-,19?. The number of alkyl halides is 4. The van der Waals surface area contributed by atoms with E-state index in [4.69, 9.17) is 10.5 Å². The summed E-state index contributed by atoms with van der Waals surface area (Å²) in [5.74, 6) is 0.0436. The van der Waals surface area contributed by atoms with Gasteiger partial charge in [-0.2, -0.15) is 18.3 Å². The van der Waals surface area contributed by atoms with Crippen molar-refractivity contribution in [3.8, 4) is 11.3 Å². The highest BCUT2D eigenvalue weighted by atomic mass is 19.4. The van der Waals surface area contributed by atoms with Crippen LogP contribution in [-0.2, 0) is 10.9 Å². The zero-order valence-corrected chi connectivity index (χ0v) is 16.5. The first-order valence-corrected chi connectivity index (χ1v) is 9.64. The molecule has 29 heavy (non-hydrogen) atoms. The van der Waals surface area contributed by atoms with Crippen LogP contribution in [0.25, 0.3) is 11.3 Å². The topological polar surface area (TPSA) is 66.0 Å². The first-order valence-electron chi connectivity index (χ1n) is 9.64. The third kappa shape index (κ3) is 3.49. The van der Waals surface area contributed by atoms with E-state index < -0.39 is 23.2 Å². The Bertz CT molecular complexity index is 912. The van der Waals surface area contributed by atoms with Gasteiger partial charge in [0.25, 0.3) is 0 Å². The molecule has 2 saturated carbocycles. The summed E-state index contributed by atoms with van der Waals surface area (Å²) in [6.45, 7) is 4.02. The summed E-state index contributed by atoms with van der Waals surface area (Å²) >= 11 is 0. The molecule has 2 aromatic rings. The number of nitrogens with zero attached hydrogens (tertiary/aromatic N) is 3. The van der Waals surface area contributed by atoms with E-state index in [-0.39, 0.29) is 36.0 Å². The molecule has 9 heteroatoms. The highest BCUT2D eigenvalue weighted by Crippen LogP contribution is 2.67. The SMILES string of the molecule is COCC1(F)C[C@@H]2[C@H](C1)[C@@H]2c1cc(-c2cnc(N)c(C(F)(F)F)c2)nn1C(C)C. The van der Waals surface area contributed by atoms with Crippen molar-refractivity contribution in [1.29, 1.82) is 0 Å². The Morgan fingerprint density at radius 3 is 2.48 bits per heavy atom. The number of aromatic nitrogens is 3. The van der Waals surface area contributed by atoms with Gasteiger partial charge in [-0.1, -0.05) is 0 Å². The molecule has 4 atom stereocenters. The van der Waals surface area contributed by atoms with Crippen LogP contribution in [0.4, 0.5) is 23.4 Å². The maximum absolute atomic E-state index is 14.7. The van der Waals surface area contributed by atoms with E-state index in [0.717, 1.165) is 11.8 Å². The van der Waals surface area contributed by atoms with Gasteiger partial charge in [-0.15, -0.1) is 0 Å². The molecule has 0 saturated heterocycles. The minimum Gasteiger partial charge on any atom is -0.383 e. The molecule has 0 spiro atoms. The summed E-state index contributed by atoms with van der Waals surface area (Å²) in [5.41, 5.74) is 4.77. The highest BCUT2D eigenvalue weighted by Gasteiger charge is 2.63. The zero-order valence-electron chi connectivity index (χ0n) is 16.5. The molecule has 0 aliphatic heterocycles. The van der Waals surface area contributed by atoms with E-state index in [1.807, 2.05) is 24.6 Å². The van der Waals surface area contributed by atoms with Crippen molar-refractivity contribution in [3.05, 3.63) is 29.6 Å². The fraction of sp³-hybridized carbons (Fsp3) is 0.600. The predicted molar refractivity (Wildman–Crippen MR) is 99.9 cm³/mol. The van der Waals surface area contributed by atoms with Crippen molar-refractivity contribution >= 4 is 5.82 Å². The Kier molecular flexibility index (Phi) is 4.64. The van der Waals surface area contributed by atoms with Crippen LogP contribution in [0, 0.1) is 11.8 Å². The fourth-order valence-corrected chi connectivity index (χ4v) is 4.80. The van der Waals surface area contributed by atoms with E-state index in [1.54, 1.807) is 0 Å². The summed E-state index contributed by atoms with van der Waals surface area (Å²) in [6, 6.07) is 2.82. The second kappa shape index (κ2) is 6.68.